The van der Waals surface area contributed by atoms with Gasteiger partial charge in [0, 0.05) is 25.2 Å². The minimum absolute atomic E-state index is 0.125. The number of amides is 1. The monoisotopic (exact) mass is 429 g/mol. The van der Waals surface area contributed by atoms with Gasteiger partial charge in [0.2, 0.25) is 5.91 Å². The van der Waals surface area contributed by atoms with Crippen molar-refractivity contribution >= 4 is 32.4 Å². The molecular weight excluding hydrogens is 406 g/mol. The van der Waals surface area contributed by atoms with E-state index in [1.54, 1.807) is 35.5 Å². The molecule has 0 aliphatic heterocycles. The smallest absolute Gasteiger partial charge is 0.266 e. The van der Waals surface area contributed by atoms with Crippen LogP contribution in [0.25, 0.3) is 0 Å². The summed E-state index contributed by atoms with van der Waals surface area (Å²) in [6, 6.07) is 14.1. The van der Waals surface area contributed by atoms with Gasteiger partial charge in [-0.1, -0.05) is 42.0 Å². The fourth-order valence-electron chi connectivity index (χ4n) is 2.92. The summed E-state index contributed by atoms with van der Waals surface area (Å²) in [5.74, 6) is -0.306. The van der Waals surface area contributed by atoms with Crippen molar-refractivity contribution < 1.29 is 13.2 Å². The first-order valence-electron chi connectivity index (χ1n) is 9.06. The number of carbonyl (C=O) groups is 1. The minimum atomic E-state index is -3.91. The van der Waals surface area contributed by atoms with E-state index in [2.05, 4.69) is 11.1 Å². The first-order valence-corrected chi connectivity index (χ1v) is 11.4. The summed E-state index contributed by atoms with van der Waals surface area (Å²) in [5.41, 5.74) is 3.28. The van der Waals surface area contributed by atoms with Gasteiger partial charge < -0.3 is 4.90 Å². The van der Waals surface area contributed by atoms with Gasteiger partial charge in [-0.3, -0.25) is 4.79 Å². The van der Waals surface area contributed by atoms with Crippen molar-refractivity contribution in [3.8, 4) is 0 Å². The lowest BCUT2D eigenvalue weighted by Gasteiger charge is -2.25. The zero-order valence-electron chi connectivity index (χ0n) is 16.6. The van der Waals surface area contributed by atoms with E-state index >= 15 is 0 Å². The van der Waals surface area contributed by atoms with Crippen molar-refractivity contribution in [3.63, 3.8) is 0 Å². The van der Waals surface area contributed by atoms with E-state index in [1.807, 2.05) is 26.0 Å². The first kappa shape index (κ1) is 21.0. The fourth-order valence-corrected chi connectivity index (χ4v) is 5.18. The molecule has 3 aromatic rings. The predicted molar refractivity (Wildman–Crippen MR) is 115 cm³/mol. The molecule has 3 rings (SSSR count). The Morgan fingerprint density at radius 3 is 2.45 bits per heavy atom. The summed E-state index contributed by atoms with van der Waals surface area (Å²) in [5, 5.41) is 1.95. The van der Waals surface area contributed by atoms with Crippen LogP contribution in [0, 0.1) is 13.8 Å². The standard InChI is InChI=1S/C21H23N3O3S2/c1-16-9-10-18(17(2)13-16)14-23(3)20(25)15-24(21-22-11-12-28-21)29(26,27)19-7-5-4-6-8-19/h4-13H,14-15H2,1-3H3. The maximum Gasteiger partial charge on any atom is 0.266 e. The first-order chi connectivity index (χ1) is 13.8. The van der Waals surface area contributed by atoms with E-state index in [1.165, 1.54) is 29.7 Å². The lowest BCUT2D eigenvalue weighted by molar-refractivity contribution is -0.128. The molecule has 0 aliphatic carbocycles. The Hall–Kier alpha value is -2.71. The fraction of sp³-hybridized carbons (Fsp3) is 0.238. The molecule has 1 heterocycles. The molecule has 0 radical (unpaired) electrons. The van der Waals surface area contributed by atoms with Crippen molar-refractivity contribution in [1.29, 1.82) is 0 Å². The van der Waals surface area contributed by atoms with Crippen LogP contribution in [0.15, 0.2) is 65.0 Å². The number of hydrogen-bond acceptors (Lipinski definition) is 5. The Morgan fingerprint density at radius 2 is 1.83 bits per heavy atom. The Balaban J connectivity index is 1.84. The van der Waals surface area contributed by atoms with Gasteiger partial charge in [-0.15, -0.1) is 11.3 Å². The van der Waals surface area contributed by atoms with Gasteiger partial charge in [0.25, 0.3) is 10.0 Å². The molecule has 0 saturated carbocycles. The minimum Gasteiger partial charge on any atom is -0.340 e. The van der Waals surface area contributed by atoms with Crippen LogP contribution in [-0.2, 0) is 21.4 Å². The Bertz CT molecular complexity index is 1080. The van der Waals surface area contributed by atoms with E-state index < -0.39 is 10.0 Å². The van der Waals surface area contributed by atoms with Crippen molar-refractivity contribution in [2.75, 3.05) is 17.9 Å². The van der Waals surface area contributed by atoms with Crippen molar-refractivity contribution in [2.24, 2.45) is 0 Å². The second-order valence-corrected chi connectivity index (χ2v) is 9.55. The number of likely N-dealkylation sites (N-methyl/N-ethyl adjacent to an activating group) is 1. The molecule has 0 spiro atoms. The number of carbonyl (C=O) groups excluding carboxylic acids is 1. The van der Waals surface area contributed by atoms with E-state index in [0.717, 1.165) is 21.0 Å². The zero-order valence-corrected chi connectivity index (χ0v) is 18.2. The van der Waals surface area contributed by atoms with Crippen LogP contribution < -0.4 is 4.31 Å². The molecule has 0 unspecified atom stereocenters. The molecule has 2 aromatic carbocycles. The van der Waals surface area contributed by atoms with E-state index in [-0.39, 0.29) is 22.5 Å². The average Bonchev–Trinajstić information content (AvgIpc) is 3.22. The van der Waals surface area contributed by atoms with E-state index in [4.69, 9.17) is 0 Å². The Labute approximate surface area is 175 Å². The normalized spacial score (nSPS) is 11.3. The molecule has 0 fully saturated rings. The summed E-state index contributed by atoms with van der Waals surface area (Å²) < 4.78 is 27.4. The highest BCUT2D eigenvalue weighted by molar-refractivity contribution is 7.93. The molecule has 0 aliphatic rings. The number of rotatable bonds is 7. The molecule has 0 bridgehead atoms. The summed E-state index contributed by atoms with van der Waals surface area (Å²) in [7, 11) is -2.23. The summed E-state index contributed by atoms with van der Waals surface area (Å²) >= 11 is 1.18. The van der Waals surface area contributed by atoms with Crippen LogP contribution in [0.4, 0.5) is 5.13 Å². The lowest BCUT2D eigenvalue weighted by atomic mass is 10.1. The number of sulfonamides is 1. The maximum atomic E-state index is 13.2. The van der Waals surface area contributed by atoms with Crippen molar-refractivity contribution in [2.45, 2.75) is 25.3 Å². The third-order valence-corrected chi connectivity index (χ3v) is 7.23. The third-order valence-electron chi connectivity index (χ3n) is 4.57. The number of nitrogens with zero attached hydrogens (tertiary/aromatic N) is 3. The number of aryl methyl sites for hydroxylation is 2. The molecule has 0 atom stereocenters. The van der Waals surface area contributed by atoms with Crippen LogP contribution >= 0.6 is 11.3 Å². The number of anilines is 1. The highest BCUT2D eigenvalue weighted by Gasteiger charge is 2.29. The second-order valence-electron chi connectivity index (χ2n) is 6.82. The predicted octanol–water partition coefficient (Wildman–Crippen LogP) is 3.61. The van der Waals surface area contributed by atoms with E-state index in [0.29, 0.717) is 6.54 Å². The molecule has 0 saturated heterocycles. The molecule has 8 heteroatoms. The quantitative estimate of drug-likeness (QED) is 0.575. The van der Waals surface area contributed by atoms with Crippen molar-refractivity contribution in [3.05, 3.63) is 76.8 Å². The second kappa shape index (κ2) is 8.75. The molecule has 0 N–H and O–H groups in total. The van der Waals surface area contributed by atoms with Gasteiger partial charge in [-0.2, -0.15) is 0 Å². The van der Waals surface area contributed by atoms with Crippen LogP contribution in [-0.4, -0.2) is 37.8 Å². The number of benzene rings is 2. The average molecular weight is 430 g/mol. The zero-order chi connectivity index (χ0) is 21.0. The molecular formula is C21H23N3O3S2. The number of aromatic nitrogens is 1. The highest BCUT2D eigenvalue weighted by Crippen LogP contribution is 2.25. The Kier molecular flexibility index (Phi) is 6.34. The molecule has 29 heavy (non-hydrogen) atoms. The molecule has 1 aromatic heterocycles. The Morgan fingerprint density at radius 1 is 1.10 bits per heavy atom. The van der Waals surface area contributed by atoms with Gasteiger partial charge in [0.1, 0.15) is 6.54 Å². The topological polar surface area (TPSA) is 70.6 Å². The van der Waals surface area contributed by atoms with Gasteiger partial charge >= 0.3 is 0 Å². The number of hydrogen-bond donors (Lipinski definition) is 0. The molecule has 6 nitrogen and oxygen atoms in total. The van der Waals surface area contributed by atoms with Crippen molar-refractivity contribution in [1.82, 2.24) is 9.88 Å². The van der Waals surface area contributed by atoms with Gasteiger partial charge in [0.15, 0.2) is 5.13 Å². The van der Waals surface area contributed by atoms with Crippen LogP contribution in [0.3, 0.4) is 0 Å². The molecule has 1 amide bonds. The summed E-state index contributed by atoms with van der Waals surface area (Å²) in [4.78, 5) is 18.7. The van der Waals surface area contributed by atoms with E-state index in [9.17, 15) is 13.2 Å². The van der Waals surface area contributed by atoms with Crippen LogP contribution in [0.2, 0.25) is 0 Å². The van der Waals surface area contributed by atoms with Gasteiger partial charge in [0.05, 0.1) is 4.90 Å². The molecule has 152 valence electrons. The highest BCUT2D eigenvalue weighted by atomic mass is 32.2. The van der Waals surface area contributed by atoms with Crippen LogP contribution in [0.5, 0.6) is 0 Å². The lowest BCUT2D eigenvalue weighted by Crippen LogP contribution is -2.41. The van der Waals surface area contributed by atoms with Crippen LogP contribution in [0.1, 0.15) is 16.7 Å². The summed E-state index contributed by atoms with van der Waals surface area (Å²) in [6.07, 6.45) is 1.53. The summed E-state index contributed by atoms with van der Waals surface area (Å²) in [6.45, 7) is 4.11. The number of thiazole rings is 1. The maximum absolute atomic E-state index is 13.2. The SMILES string of the molecule is Cc1ccc(CN(C)C(=O)CN(c2nccs2)S(=O)(=O)c2ccccc2)c(C)c1. The third kappa shape index (κ3) is 4.83. The van der Waals surface area contributed by atoms with Gasteiger partial charge in [-0.25, -0.2) is 17.7 Å². The van der Waals surface area contributed by atoms with Gasteiger partial charge in [-0.05, 0) is 37.1 Å². The largest absolute Gasteiger partial charge is 0.340 e.